The van der Waals surface area contributed by atoms with E-state index in [0.29, 0.717) is 6.07 Å². The van der Waals surface area contributed by atoms with E-state index in [4.69, 9.17) is 16.3 Å². The molecule has 13 heteroatoms. The number of benzene rings is 2. The van der Waals surface area contributed by atoms with Crippen LogP contribution >= 0.6 is 11.6 Å². The zero-order valence-corrected chi connectivity index (χ0v) is 19.5. The summed E-state index contributed by atoms with van der Waals surface area (Å²) in [7, 11) is -4.26. The summed E-state index contributed by atoms with van der Waals surface area (Å²) in [5, 5.41) is -0.615. The second-order valence-corrected chi connectivity index (χ2v) is 10.3. The molecule has 1 fully saturated rings. The van der Waals surface area contributed by atoms with Gasteiger partial charge in [0.05, 0.1) is 32.5 Å². The Hall–Kier alpha value is -2.96. The van der Waals surface area contributed by atoms with Gasteiger partial charge < -0.3 is 4.74 Å². The number of hydrogen-bond donors (Lipinski definition) is 0. The minimum Gasteiger partial charge on any atom is -0.443 e. The Kier molecular flexibility index (Phi) is 6.64. The molecule has 0 aliphatic carbocycles. The van der Waals surface area contributed by atoms with Gasteiger partial charge in [-0.25, -0.2) is 13.3 Å². The summed E-state index contributed by atoms with van der Waals surface area (Å²) in [4.78, 5) is 37.4. The molecule has 2 aliphatic heterocycles. The maximum absolute atomic E-state index is 13.1. The molecule has 0 bridgehead atoms. The fourth-order valence-electron chi connectivity index (χ4n) is 3.97. The van der Waals surface area contributed by atoms with Crippen molar-refractivity contribution < 1.29 is 40.7 Å². The van der Waals surface area contributed by atoms with Crippen molar-refractivity contribution >= 4 is 39.4 Å². The molecule has 186 valence electrons. The van der Waals surface area contributed by atoms with Gasteiger partial charge in [0.1, 0.15) is 0 Å². The van der Waals surface area contributed by atoms with Crippen molar-refractivity contribution in [2.45, 2.75) is 23.9 Å². The number of esters is 1. The third kappa shape index (κ3) is 4.78. The molecule has 2 aromatic rings. The summed E-state index contributed by atoms with van der Waals surface area (Å²) < 4.78 is 71.2. The maximum Gasteiger partial charge on any atom is 0.417 e. The van der Waals surface area contributed by atoms with Crippen LogP contribution in [0.15, 0.2) is 47.4 Å². The Morgan fingerprint density at radius 2 is 1.60 bits per heavy atom. The summed E-state index contributed by atoms with van der Waals surface area (Å²) >= 11 is 5.57. The molecule has 2 amide bonds. The molecule has 2 aliphatic rings. The van der Waals surface area contributed by atoms with Gasteiger partial charge in [0.25, 0.3) is 11.8 Å². The van der Waals surface area contributed by atoms with Gasteiger partial charge in [-0.15, -0.1) is 0 Å². The molecule has 0 atom stereocenters. The monoisotopic (exact) mass is 530 g/mol. The summed E-state index contributed by atoms with van der Waals surface area (Å²) in [6.45, 7) is -0.827. The van der Waals surface area contributed by atoms with Crippen LogP contribution in [0.25, 0.3) is 0 Å². The summed E-state index contributed by atoms with van der Waals surface area (Å²) in [5.41, 5.74) is -0.835. The molecule has 1 saturated heterocycles. The van der Waals surface area contributed by atoms with Crippen LogP contribution in [-0.4, -0.2) is 55.2 Å². The number of halogens is 4. The molecule has 0 unspecified atom stereocenters. The van der Waals surface area contributed by atoms with Gasteiger partial charge in [-0.1, -0.05) is 23.7 Å². The van der Waals surface area contributed by atoms with E-state index < -0.39 is 62.1 Å². The predicted molar refractivity (Wildman–Crippen MR) is 116 cm³/mol. The van der Waals surface area contributed by atoms with Gasteiger partial charge in [-0.3, -0.25) is 14.4 Å². The Labute approximate surface area is 203 Å². The maximum atomic E-state index is 13.1. The van der Waals surface area contributed by atoms with E-state index in [0.717, 1.165) is 21.3 Å². The van der Waals surface area contributed by atoms with Crippen molar-refractivity contribution in [1.82, 2.24) is 9.21 Å². The third-order valence-electron chi connectivity index (χ3n) is 5.88. The number of carbonyl (C=O) groups is 3. The Morgan fingerprint density at radius 1 is 1.03 bits per heavy atom. The van der Waals surface area contributed by atoms with E-state index in [2.05, 4.69) is 0 Å². The first-order valence-corrected chi connectivity index (χ1v) is 12.2. The molecule has 35 heavy (non-hydrogen) atoms. The van der Waals surface area contributed by atoms with Crippen LogP contribution in [0.1, 0.15) is 39.1 Å². The zero-order valence-electron chi connectivity index (χ0n) is 17.9. The number of nitrogens with zero attached hydrogens (tertiary/aromatic N) is 2. The van der Waals surface area contributed by atoms with E-state index in [9.17, 15) is 36.0 Å². The van der Waals surface area contributed by atoms with Crippen LogP contribution < -0.4 is 0 Å². The van der Waals surface area contributed by atoms with Crippen LogP contribution in [0.5, 0.6) is 0 Å². The van der Waals surface area contributed by atoms with E-state index in [1.165, 1.54) is 12.1 Å². The van der Waals surface area contributed by atoms with Gasteiger partial charge in [0, 0.05) is 13.1 Å². The SMILES string of the molecule is O=C(OCN1C(=O)c2ccccc2C1=O)C1CCN(S(=O)(=O)c2ccc(Cl)c(C(F)(F)F)c2)CC1. The summed E-state index contributed by atoms with van der Waals surface area (Å²) in [6.07, 6.45) is -4.71. The lowest BCUT2D eigenvalue weighted by molar-refractivity contribution is -0.152. The molecule has 2 heterocycles. The van der Waals surface area contributed by atoms with Crippen LogP contribution in [0.2, 0.25) is 5.02 Å². The number of carbonyl (C=O) groups excluding carboxylic acids is 3. The van der Waals surface area contributed by atoms with Crippen molar-refractivity contribution in [3.05, 3.63) is 64.2 Å². The first-order valence-electron chi connectivity index (χ1n) is 10.4. The number of fused-ring (bicyclic) bond motifs is 1. The quantitative estimate of drug-likeness (QED) is 0.433. The Morgan fingerprint density at radius 3 is 2.14 bits per heavy atom. The number of rotatable bonds is 5. The molecule has 8 nitrogen and oxygen atoms in total. The lowest BCUT2D eigenvalue weighted by Gasteiger charge is -2.30. The summed E-state index contributed by atoms with van der Waals surface area (Å²) in [6, 6.07) is 8.55. The van der Waals surface area contributed by atoms with Crippen molar-refractivity contribution in [3.8, 4) is 0 Å². The minimum atomic E-state index is -4.82. The van der Waals surface area contributed by atoms with E-state index in [-0.39, 0.29) is 37.1 Å². The second kappa shape index (κ2) is 9.25. The van der Waals surface area contributed by atoms with Gasteiger partial charge in [-0.2, -0.15) is 17.5 Å². The van der Waals surface area contributed by atoms with Crippen molar-refractivity contribution in [2.75, 3.05) is 19.8 Å². The zero-order chi connectivity index (χ0) is 25.5. The predicted octanol–water partition coefficient (Wildman–Crippen LogP) is 3.56. The number of amides is 2. The molecule has 2 aromatic carbocycles. The molecule has 0 spiro atoms. The largest absolute Gasteiger partial charge is 0.443 e. The third-order valence-corrected chi connectivity index (χ3v) is 8.11. The highest BCUT2D eigenvalue weighted by molar-refractivity contribution is 7.89. The van der Waals surface area contributed by atoms with E-state index in [1.54, 1.807) is 12.1 Å². The lowest BCUT2D eigenvalue weighted by Crippen LogP contribution is -2.41. The smallest absolute Gasteiger partial charge is 0.417 e. The number of hydrogen-bond acceptors (Lipinski definition) is 6. The van der Waals surface area contributed by atoms with Gasteiger partial charge in [0.2, 0.25) is 10.0 Å². The molecule has 0 radical (unpaired) electrons. The van der Waals surface area contributed by atoms with Gasteiger partial charge in [-0.05, 0) is 43.2 Å². The number of piperidine rings is 1. The van der Waals surface area contributed by atoms with Crippen molar-refractivity contribution in [2.24, 2.45) is 5.92 Å². The average molecular weight is 531 g/mol. The van der Waals surface area contributed by atoms with Crippen molar-refractivity contribution in [1.29, 1.82) is 0 Å². The summed E-state index contributed by atoms with van der Waals surface area (Å²) in [5.74, 6) is -2.57. The van der Waals surface area contributed by atoms with E-state index in [1.807, 2.05) is 0 Å². The minimum absolute atomic E-state index is 0.0555. The van der Waals surface area contributed by atoms with Crippen LogP contribution in [0, 0.1) is 5.92 Å². The van der Waals surface area contributed by atoms with E-state index >= 15 is 0 Å². The molecule has 0 aromatic heterocycles. The molecular formula is C22H18ClF3N2O6S. The number of ether oxygens (including phenoxy) is 1. The number of alkyl halides is 3. The normalized spacial score (nSPS) is 17.5. The topological polar surface area (TPSA) is 101 Å². The highest BCUT2D eigenvalue weighted by atomic mass is 35.5. The second-order valence-electron chi connectivity index (χ2n) is 7.99. The van der Waals surface area contributed by atoms with Crippen LogP contribution in [0.4, 0.5) is 13.2 Å². The molecule has 0 saturated carbocycles. The van der Waals surface area contributed by atoms with Crippen LogP contribution in [-0.2, 0) is 25.7 Å². The standard InChI is InChI=1S/C22H18ClF3N2O6S/c23-18-6-5-14(11-17(18)22(24,25)26)35(32,33)27-9-7-13(8-10-27)21(31)34-12-28-19(29)15-3-1-2-4-16(15)20(28)30/h1-6,11,13H,7-10,12H2. The Bertz CT molecular complexity index is 1270. The highest BCUT2D eigenvalue weighted by Gasteiger charge is 2.39. The van der Waals surface area contributed by atoms with Crippen molar-refractivity contribution in [3.63, 3.8) is 0 Å². The van der Waals surface area contributed by atoms with Crippen LogP contribution in [0.3, 0.4) is 0 Å². The fourth-order valence-corrected chi connectivity index (χ4v) is 5.69. The number of imide groups is 1. The lowest BCUT2D eigenvalue weighted by atomic mass is 9.98. The first kappa shape index (κ1) is 25.1. The first-order chi connectivity index (χ1) is 16.4. The molecular weight excluding hydrogens is 513 g/mol. The van der Waals surface area contributed by atoms with Gasteiger partial charge >= 0.3 is 12.1 Å². The highest BCUT2D eigenvalue weighted by Crippen LogP contribution is 2.37. The molecule has 0 N–H and O–H groups in total. The number of sulfonamides is 1. The molecule has 4 rings (SSSR count). The Balaban J connectivity index is 1.36. The van der Waals surface area contributed by atoms with Gasteiger partial charge in [0.15, 0.2) is 6.73 Å². The average Bonchev–Trinajstić information content (AvgIpc) is 3.06. The fraction of sp³-hybridized carbons (Fsp3) is 0.318.